The second-order valence-electron chi connectivity index (χ2n) is 4.81. The number of aryl methyl sites for hydroxylation is 3. The summed E-state index contributed by atoms with van der Waals surface area (Å²) in [6.45, 7) is 4.74. The van der Waals surface area contributed by atoms with Crippen molar-refractivity contribution in [1.82, 2.24) is 5.16 Å². The van der Waals surface area contributed by atoms with Crippen molar-refractivity contribution in [1.29, 1.82) is 0 Å². The van der Waals surface area contributed by atoms with E-state index < -0.39 is 12.6 Å². The van der Waals surface area contributed by atoms with Gasteiger partial charge in [-0.2, -0.15) is 0 Å². The standard InChI is InChI=1S/C15H16N2O5/c1-8-6-11(21-7-13(18)19)4-5-12(8)16-15(20)14-9(2)17-22-10(14)3/h4-6H,7H2,1-3H3,(H,16,20)(H,18,19). The highest BCUT2D eigenvalue weighted by molar-refractivity contribution is 6.06. The van der Waals surface area contributed by atoms with Crippen LogP contribution in [-0.4, -0.2) is 28.7 Å². The van der Waals surface area contributed by atoms with E-state index in [1.165, 1.54) is 0 Å². The van der Waals surface area contributed by atoms with Gasteiger partial charge in [-0.05, 0) is 44.5 Å². The van der Waals surface area contributed by atoms with Crippen LogP contribution < -0.4 is 10.1 Å². The summed E-state index contributed by atoms with van der Waals surface area (Å²) >= 11 is 0. The zero-order chi connectivity index (χ0) is 16.3. The van der Waals surface area contributed by atoms with Gasteiger partial charge in [0.25, 0.3) is 5.91 Å². The summed E-state index contributed by atoms with van der Waals surface area (Å²) in [5.41, 5.74) is 2.29. The van der Waals surface area contributed by atoms with E-state index >= 15 is 0 Å². The Morgan fingerprint density at radius 3 is 2.59 bits per heavy atom. The molecule has 0 unspecified atom stereocenters. The quantitative estimate of drug-likeness (QED) is 0.879. The number of rotatable bonds is 5. The maximum atomic E-state index is 12.2. The Balaban J connectivity index is 2.13. The van der Waals surface area contributed by atoms with Crippen LogP contribution in [0.4, 0.5) is 5.69 Å². The summed E-state index contributed by atoms with van der Waals surface area (Å²) in [7, 11) is 0. The van der Waals surface area contributed by atoms with Gasteiger partial charge in [0.05, 0.1) is 5.69 Å². The van der Waals surface area contributed by atoms with Gasteiger partial charge in [0.2, 0.25) is 0 Å². The Hall–Kier alpha value is -2.83. The third-order valence-corrected chi connectivity index (χ3v) is 3.07. The fourth-order valence-electron chi connectivity index (χ4n) is 2.00. The molecule has 0 spiro atoms. The van der Waals surface area contributed by atoms with Crippen molar-refractivity contribution in [2.24, 2.45) is 0 Å². The minimum Gasteiger partial charge on any atom is -0.482 e. The molecule has 2 N–H and O–H groups in total. The number of carboxylic acids is 1. The van der Waals surface area contributed by atoms with Gasteiger partial charge >= 0.3 is 5.97 Å². The topological polar surface area (TPSA) is 102 Å². The first-order valence-electron chi connectivity index (χ1n) is 6.58. The summed E-state index contributed by atoms with van der Waals surface area (Å²) in [4.78, 5) is 22.7. The number of nitrogens with zero attached hydrogens (tertiary/aromatic N) is 1. The Morgan fingerprint density at radius 2 is 2.05 bits per heavy atom. The molecule has 1 amide bonds. The van der Waals surface area contributed by atoms with Crippen LogP contribution in [0, 0.1) is 20.8 Å². The maximum absolute atomic E-state index is 12.2. The predicted molar refractivity (Wildman–Crippen MR) is 78.2 cm³/mol. The molecule has 0 saturated heterocycles. The highest BCUT2D eigenvalue weighted by atomic mass is 16.5. The number of hydrogen-bond acceptors (Lipinski definition) is 5. The minimum absolute atomic E-state index is 0.307. The molecule has 0 bridgehead atoms. The first-order chi connectivity index (χ1) is 10.4. The SMILES string of the molecule is Cc1cc(OCC(=O)O)ccc1NC(=O)c1c(C)noc1C. The Morgan fingerprint density at radius 1 is 1.32 bits per heavy atom. The molecule has 22 heavy (non-hydrogen) atoms. The lowest BCUT2D eigenvalue weighted by Crippen LogP contribution is -2.14. The monoisotopic (exact) mass is 304 g/mol. The Kier molecular flexibility index (Phi) is 4.45. The lowest BCUT2D eigenvalue weighted by molar-refractivity contribution is -0.139. The number of aliphatic carboxylic acids is 1. The molecular weight excluding hydrogens is 288 g/mol. The number of amides is 1. The van der Waals surface area contributed by atoms with Crippen molar-refractivity contribution in [3.05, 3.63) is 40.8 Å². The fraction of sp³-hybridized carbons (Fsp3) is 0.267. The Labute approximate surface area is 126 Å². The lowest BCUT2D eigenvalue weighted by Gasteiger charge is -2.10. The van der Waals surface area contributed by atoms with Crippen LogP contribution in [0.1, 0.15) is 27.4 Å². The van der Waals surface area contributed by atoms with Gasteiger partial charge in [-0.1, -0.05) is 5.16 Å². The molecule has 0 radical (unpaired) electrons. The molecule has 0 aliphatic heterocycles. The van der Waals surface area contributed by atoms with Crippen LogP contribution >= 0.6 is 0 Å². The summed E-state index contributed by atoms with van der Waals surface area (Å²) in [6.07, 6.45) is 0. The highest BCUT2D eigenvalue weighted by Crippen LogP contribution is 2.23. The van der Waals surface area contributed by atoms with Crippen LogP contribution in [0.3, 0.4) is 0 Å². The molecule has 2 rings (SSSR count). The summed E-state index contributed by atoms with van der Waals surface area (Å²) < 4.78 is 10.1. The Bertz CT molecular complexity index is 701. The van der Waals surface area contributed by atoms with Crippen LogP contribution in [0.25, 0.3) is 0 Å². The van der Waals surface area contributed by atoms with Crippen molar-refractivity contribution in [3.8, 4) is 5.75 Å². The lowest BCUT2D eigenvalue weighted by atomic mass is 10.1. The van der Waals surface area contributed by atoms with Crippen LogP contribution in [-0.2, 0) is 4.79 Å². The molecule has 0 fully saturated rings. The molecule has 7 heteroatoms. The van der Waals surface area contributed by atoms with Crippen LogP contribution in [0.15, 0.2) is 22.7 Å². The zero-order valence-corrected chi connectivity index (χ0v) is 12.5. The minimum atomic E-state index is -1.05. The summed E-state index contributed by atoms with van der Waals surface area (Å²) in [5, 5.41) is 15.1. The molecule has 1 aromatic heterocycles. The van der Waals surface area contributed by atoms with Crippen LogP contribution in [0.5, 0.6) is 5.75 Å². The third kappa shape index (κ3) is 3.43. The van der Waals surface area contributed by atoms with Gasteiger partial charge in [-0.15, -0.1) is 0 Å². The molecule has 7 nitrogen and oxygen atoms in total. The van der Waals surface area contributed by atoms with E-state index in [0.29, 0.717) is 28.5 Å². The second kappa shape index (κ2) is 6.30. The maximum Gasteiger partial charge on any atom is 0.341 e. The summed E-state index contributed by atoms with van der Waals surface area (Å²) in [6, 6.07) is 4.91. The average Bonchev–Trinajstić information content (AvgIpc) is 2.78. The number of carbonyl (C=O) groups is 2. The van der Waals surface area contributed by atoms with Crippen molar-refractivity contribution in [2.75, 3.05) is 11.9 Å². The second-order valence-corrected chi connectivity index (χ2v) is 4.81. The van der Waals surface area contributed by atoms with Crippen LogP contribution in [0.2, 0.25) is 0 Å². The highest BCUT2D eigenvalue weighted by Gasteiger charge is 2.18. The van der Waals surface area contributed by atoms with Crippen molar-refractivity contribution in [3.63, 3.8) is 0 Å². The number of anilines is 1. The smallest absolute Gasteiger partial charge is 0.341 e. The molecule has 1 aromatic carbocycles. The van der Waals surface area contributed by atoms with Gasteiger partial charge in [-0.3, -0.25) is 4.79 Å². The first-order valence-corrected chi connectivity index (χ1v) is 6.58. The van der Waals surface area contributed by atoms with Crippen molar-refractivity contribution >= 4 is 17.6 Å². The molecule has 116 valence electrons. The van der Waals surface area contributed by atoms with Crippen molar-refractivity contribution in [2.45, 2.75) is 20.8 Å². The number of carbonyl (C=O) groups excluding carboxylic acids is 1. The van der Waals surface area contributed by atoms with E-state index in [1.807, 2.05) is 0 Å². The predicted octanol–water partition coefficient (Wildman–Crippen LogP) is 2.32. The van der Waals surface area contributed by atoms with E-state index in [0.717, 1.165) is 5.56 Å². The normalized spacial score (nSPS) is 10.3. The van der Waals surface area contributed by atoms with E-state index in [4.69, 9.17) is 14.4 Å². The molecule has 0 saturated carbocycles. The van der Waals surface area contributed by atoms with Crippen molar-refractivity contribution < 1.29 is 24.0 Å². The first kappa shape index (κ1) is 15.6. The van der Waals surface area contributed by atoms with E-state index in [9.17, 15) is 9.59 Å². The van der Waals surface area contributed by atoms with Gasteiger partial charge < -0.3 is 19.7 Å². The fourth-order valence-corrected chi connectivity index (χ4v) is 2.00. The van der Waals surface area contributed by atoms with Gasteiger partial charge in [0, 0.05) is 5.69 Å². The van der Waals surface area contributed by atoms with E-state index in [-0.39, 0.29) is 5.91 Å². The van der Waals surface area contributed by atoms with E-state index in [1.54, 1.807) is 39.0 Å². The number of carboxylic acid groups (broad SMARTS) is 1. The molecule has 0 atom stereocenters. The molecule has 2 aromatic rings. The van der Waals surface area contributed by atoms with Gasteiger partial charge in [-0.25, -0.2) is 4.79 Å². The van der Waals surface area contributed by atoms with E-state index in [2.05, 4.69) is 10.5 Å². The number of ether oxygens (including phenoxy) is 1. The third-order valence-electron chi connectivity index (χ3n) is 3.07. The molecular formula is C15H16N2O5. The number of hydrogen-bond donors (Lipinski definition) is 2. The number of aromatic nitrogens is 1. The largest absolute Gasteiger partial charge is 0.482 e. The zero-order valence-electron chi connectivity index (χ0n) is 12.5. The number of benzene rings is 1. The van der Waals surface area contributed by atoms with Gasteiger partial charge in [0.15, 0.2) is 6.61 Å². The molecule has 0 aliphatic rings. The number of nitrogens with one attached hydrogen (secondary N) is 1. The van der Waals surface area contributed by atoms with Gasteiger partial charge in [0.1, 0.15) is 17.1 Å². The molecule has 1 heterocycles. The molecule has 0 aliphatic carbocycles. The summed E-state index contributed by atoms with van der Waals surface area (Å²) in [5.74, 6) is -0.476. The average molecular weight is 304 g/mol.